The summed E-state index contributed by atoms with van der Waals surface area (Å²) >= 11 is 0. The van der Waals surface area contributed by atoms with Crippen molar-refractivity contribution in [3.05, 3.63) is 84.9 Å². The SMILES string of the molecule is C=C[C@H]1[C@H](O[C@@H]2O[C@H](CO)[C@@H](O)[C@H](O)[C@H]2O)OC=C2C(=O)OCC[C@@H]3C(=CO[C@@H](O[C@@H]4O[C@H](CO)[C@@H](OC(=O)/C=C/c5ccc(O)cc5)[C@H](O)[C@H]4O)[C@@H]3C=C)C(=O)OCC[C@H]21. The Bertz CT molecular complexity index is 1810. The van der Waals surface area contributed by atoms with Crippen molar-refractivity contribution in [3.63, 3.8) is 0 Å². The van der Waals surface area contributed by atoms with E-state index in [1.54, 1.807) is 12.1 Å². The zero-order valence-corrected chi connectivity index (χ0v) is 32.6. The fourth-order valence-electron chi connectivity index (χ4n) is 7.72. The largest absolute Gasteiger partial charge is 0.508 e. The third-order valence-corrected chi connectivity index (χ3v) is 11.1. The molecule has 0 saturated carbocycles. The van der Waals surface area contributed by atoms with Gasteiger partial charge in [0.1, 0.15) is 48.5 Å². The number of carbonyl (C=O) groups is 3. The standard InChI is InChI=1S/C41H50O20/c1-3-21-23-11-13-53-37(52)26-18-56-39(61-41-34(50)32(48)35(28(16-43)58-41)59-29(45)10-7-19-5-8-20(44)9-6-19)22(4-2)24(26)12-14-54-36(51)25(23)17-55-38(21)60-40-33(49)31(47)30(46)27(15-42)57-40/h3-10,17-18,21-24,27-28,30-35,38-44,46-50H,1-2,11-16H2/b10-7+/t21-,22-,23+,24+,27-,28-,30-,31+,32-,33-,34-,35-,38+,39+,40+,41+/m1/s1. The maximum atomic E-state index is 13.6. The first-order chi connectivity index (χ1) is 29.3. The van der Waals surface area contributed by atoms with Crippen molar-refractivity contribution >= 4 is 24.0 Å². The zero-order chi connectivity index (χ0) is 44.0. The number of fused-ring (bicyclic) bond motifs is 2. The van der Waals surface area contributed by atoms with Gasteiger partial charge in [0.2, 0.25) is 12.6 Å². The molecule has 61 heavy (non-hydrogen) atoms. The highest BCUT2D eigenvalue weighted by Crippen LogP contribution is 2.40. The molecule has 0 spiro atoms. The van der Waals surface area contributed by atoms with Crippen molar-refractivity contribution in [1.29, 1.82) is 0 Å². The van der Waals surface area contributed by atoms with Crippen LogP contribution in [0.1, 0.15) is 18.4 Å². The van der Waals surface area contributed by atoms with E-state index in [2.05, 4.69) is 13.2 Å². The Morgan fingerprint density at radius 3 is 1.67 bits per heavy atom. The molecule has 5 heterocycles. The van der Waals surface area contributed by atoms with Crippen LogP contribution in [0, 0.1) is 23.7 Å². The molecule has 20 nitrogen and oxygen atoms in total. The summed E-state index contributed by atoms with van der Waals surface area (Å²) in [6.45, 7) is 5.75. The lowest BCUT2D eigenvalue weighted by molar-refractivity contribution is -0.340. The molecule has 1 aromatic rings. The van der Waals surface area contributed by atoms with Crippen molar-refractivity contribution in [3.8, 4) is 5.75 Å². The Hall–Kier alpha value is -4.71. The second kappa shape index (κ2) is 20.4. The van der Waals surface area contributed by atoms with Gasteiger partial charge in [-0.05, 0) is 36.6 Å². The Kier molecular flexibility index (Phi) is 15.3. The molecule has 0 amide bonds. The topological polar surface area (TPSA) is 296 Å². The quantitative estimate of drug-likeness (QED) is 0.0560. The average Bonchev–Trinajstić information content (AvgIpc) is 3.25. The second-order valence-corrected chi connectivity index (χ2v) is 14.8. The highest BCUT2D eigenvalue weighted by atomic mass is 16.8. The predicted molar refractivity (Wildman–Crippen MR) is 202 cm³/mol. The van der Waals surface area contributed by atoms with E-state index in [1.807, 2.05) is 0 Å². The van der Waals surface area contributed by atoms with Crippen LogP contribution in [0.3, 0.4) is 0 Å². The summed E-state index contributed by atoms with van der Waals surface area (Å²) in [6, 6.07) is 5.92. The smallest absolute Gasteiger partial charge is 0.337 e. The number of hydrogen-bond acceptors (Lipinski definition) is 20. The van der Waals surface area contributed by atoms with Gasteiger partial charge in [-0.15, -0.1) is 13.2 Å². The molecule has 3 saturated heterocycles. The number of cyclic esters (lactones) is 2. The van der Waals surface area contributed by atoms with E-state index in [-0.39, 0.29) is 43.0 Å². The van der Waals surface area contributed by atoms with Crippen LogP contribution in [0.15, 0.2) is 79.3 Å². The van der Waals surface area contributed by atoms with Crippen molar-refractivity contribution < 1.29 is 97.9 Å². The van der Waals surface area contributed by atoms with Gasteiger partial charge in [-0.2, -0.15) is 0 Å². The number of ether oxygens (including phenoxy) is 9. The molecule has 5 aliphatic heterocycles. The lowest BCUT2D eigenvalue weighted by atomic mass is 9.81. The Morgan fingerprint density at radius 2 is 1.18 bits per heavy atom. The first-order valence-electron chi connectivity index (χ1n) is 19.5. The zero-order valence-electron chi connectivity index (χ0n) is 32.6. The Morgan fingerprint density at radius 1 is 0.689 bits per heavy atom. The molecule has 8 N–H and O–H groups in total. The first-order valence-corrected chi connectivity index (χ1v) is 19.5. The van der Waals surface area contributed by atoms with Crippen molar-refractivity contribution in [2.24, 2.45) is 23.7 Å². The molecule has 3 fully saturated rings. The minimum Gasteiger partial charge on any atom is -0.508 e. The van der Waals surface area contributed by atoms with E-state index in [9.17, 15) is 55.2 Å². The monoisotopic (exact) mass is 862 g/mol. The molecule has 20 heteroatoms. The molecule has 0 radical (unpaired) electrons. The fourth-order valence-corrected chi connectivity index (χ4v) is 7.72. The number of esters is 3. The summed E-state index contributed by atoms with van der Waals surface area (Å²) in [4.78, 5) is 39.8. The maximum absolute atomic E-state index is 13.6. The van der Waals surface area contributed by atoms with E-state index in [4.69, 9.17) is 42.6 Å². The number of carbonyl (C=O) groups excluding carboxylic acids is 3. The van der Waals surface area contributed by atoms with E-state index in [1.165, 1.54) is 30.4 Å². The summed E-state index contributed by atoms with van der Waals surface area (Å²) in [5.41, 5.74) is 0.651. The summed E-state index contributed by atoms with van der Waals surface area (Å²) in [5, 5.41) is 82.1. The average molecular weight is 863 g/mol. The maximum Gasteiger partial charge on any atom is 0.337 e. The van der Waals surface area contributed by atoms with E-state index < -0.39 is 129 Å². The summed E-state index contributed by atoms with van der Waals surface area (Å²) < 4.78 is 51.1. The van der Waals surface area contributed by atoms with Crippen LogP contribution in [0.4, 0.5) is 0 Å². The minimum atomic E-state index is -1.83. The number of benzene rings is 1. The van der Waals surface area contributed by atoms with Crippen molar-refractivity contribution in [2.75, 3.05) is 26.4 Å². The van der Waals surface area contributed by atoms with Gasteiger partial charge < -0.3 is 83.5 Å². The normalized spacial score (nSPS) is 38.3. The highest BCUT2D eigenvalue weighted by Gasteiger charge is 2.51. The van der Waals surface area contributed by atoms with Gasteiger partial charge in [0.15, 0.2) is 18.7 Å². The number of aromatic hydroxyl groups is 1. The molecule has 5 aliphatic rings. The van der Waals surface area contributed by atoms with E-state index in [0.29, 0.717) is 5.56 Å². The third-order valence-electron chi connectivity index (χ3n) is 11.1. The number of aliphatic hydroxyl groups is 7. The van der Waals surface area contributed by atoms with Crippen molar-refractivity contribution in [1.82, 2.24) is 0 Å². The van der Waals surface area contributed by atoms with Gasteiger partial charge >= 0.3 is 17.9 Å². The molecule has 334 valence electrons. The first kappa shape index (κ1) is 45.8. The predicted octanol–water partition coefficient (Wildman–Crippen LogP) is -1.21. The highest BCUT2D eigenvalue weighted by molar-refractivity contribution is 5.90. The number of hydrogen-bond donors (Lipinski definition) is 8. The fraction of sp³-hybridized carbons (Fsp3) is 0.537. The minimum absolute atomic E-state index is 0.00473. The van der Waals surface area contributed by atoms with Crippen molar-refractivity contribution in [2.45, 2.75) is 86.8 Å². The van der Waals surface area contributed by atoms with E-state index in [0.717, 1.165) is 18.6 Å². The number of aliphatic hydroxyl groups excluding tert-OH is 7. The van der Waals surface area contributed by atoms with Gasteiger partial charge in [-0.3, -0.25) is 0 Å². The second-order valence-electron chi connectivity index (χ2n) is 14.8. The van der Waals surface area contributed by atoms with Gasteiger partial charge in [0.25, 0.3) is 0 Å². The summed E-state index contributed by atoms with van der Waals surface area (Å²) in [7, 11) is 0. The number of phenols is 1. The van der Waals surface area contributed by atoms with Crippen LogP contribution in [0.25, 0.3) is 6.08 Å². The van der Waals surface area contributed by atoms with Crippen LogP contribution in [-0.4, -0.2) is 159 Å². The number of rotatable bonds is 11. The van der Waals surface area contributed by atoms with Gasteiger partial charge in [0, 0.05) is 29.7 Å². The molecule has 1 aromatic carbocycles. The van der Waals surface area contributed by atoms with Crippen LogP contribution in [0.5, 0.6) is 5.75 Å². The molecule has 0 bridgehead atoms. The van der Waals surface area contributed by atoms with Crippen LogP contribution < -0.4 is 0 Å². The van der Waals surface area contributed by atoms with Crippen LogP contribution in [-0.2, 0) is 57.0 Å². The molecule has 16 atom stereocenters. The molecular weight excluding hydrogens is 812 g/mol. The summed E-state index contributed by atoms with van der Waals surface area (Å²) in [5.74, 6) is -5.71. The molecule has 6 rings (SSSR count). The molecule has 0 aliphatic carbocycles. The van der Waals surface area contributed by atoms with Gasteiger partial charge in [0.05, 0.1) is 50.1 Å². The van der Waals surface area contributed by atoms with Gasteiger partial charge in [-0.25, -0.2) is 14.4 Å². The summed E-state index contributed by atoms with van der Waals surface area (Å²) in [6.07, 6.45) is -11.1. The Balaban J connectivity index is 1.11. The van der Waals surface area contributed by atoms with Crippen LogP contribution >= 0.6 is 0 Å². The van der Waals surface area contributed by atoms with Crippen LogP contribution in [0.2, 0.25) is 0 Å². The molecular formula is C41H50O20. The third kappa shape index (κ3) is 10.2. The van der Waals surface area contributed by atoms with Gasteiger partial charge in [-0.1, -0.05) is 24.3 Å². The lowest BCUT2D eigenvalue weighted by Gasteiger charge is -2.44. The molecule has 0 unspecified atom stereocenters. The molecule has 0 aromatic heterocycles. The Labute approximate surface area is 349 Å². The lowest BCUT2D eigenvalue weighted by Crippen LogP contribution is -2.61. The number of phenolic OH excluding ortho intramolecular Hbond substituents is 1. The van der Waals surface area contributed by atoms with E-state index >= 15 is 0 Å².